The van der Waals surface area contributed by atoms with Crippen LogP contribution in [0.25, 0.3) is 0 Å². The molecule has 2 aromatic heterocycles. The van der Waals surface area contributed by atoms with Crippen LogP contribution in [0.4, 0.5) is 13.2 Å². The summed E-state index contributed by atoms with van der Waals surface area (Å²) in [5.41, 5.74) is 2.41. The van der Waals surface area contributed by atoms with Gasteiger partial charge in [0.15, 0.2) is 5.96 Å². The molecule has 0 saturated carbocycles. The Labute approximate surface area is 197 Å². The molecule has 31 heavy (non-hydrogen) atoms. The fourth-order valence-electron chi connectivity index (χ4n) is 3.04. The second-order valence-electron chi connectivity index (χ2n) is 6.99. The highest BCUT2D eigenvalue weighted by Gasteiger charge is 2.35. The first-order valence-electron chi connectivity index (χ1n) is 9.82. The van der Waals surface area contributed by atoms with E-state index in [1.165, 1.54) is 17.8 Å². The van der Waals surface area contributed by atoms with Gasteiger partial charge in [-0.3, -0.25) is 4.68 Å². The minimum atomic E-state index is -4.51. The van der Waals surface area contributed by atoms with Crippen molar-refractivity contribution in [2.24, 2.45) is 12.0 Å². The van der Waals surface area contributed by atoms with E-state index in [1.807, 2.05) is 39.4 Å². The molecule has 7 nitrogen and oxygen atoms in total. The van der Waals surface area contributed by atoms with Gasteiger partial charge in [-0.25, -0.2) is 9.98 Å². The zero-order valence-corrected chi connectivity index (χ0v) is 20.7. The van der Waals surface area contributed by atoms with Crippen LogP contribution in [0.5, 0.6) is 5.88 Å². The Balaban J connectivity index is 0.00000480. The van der Waals surface area contributed by atoms with Gasteiger partial charge in [-0.15, -0.1) is 24.0 Å². The van der Waals surface area contributed by atoms with E-state index in [-0.39, 0.29) is 43.2 Å². The number of aromatic nitrogens is 3. The van der Waals surface area contributed by atoms with Crippen LogP contribution in [0.2, 0.25) is 0 Å². The molecule has 0 amide bonds. The van der Waals surface area contributed by atoms with Crippen LogP contribution in [0, 0.1) is 13.8 Å². The van der Waals surface area contributed by atoms with Crippen molar-refractivity contribution < 1.29 is 17.9 Å². The molecule has 2 aromatic rings. The summed E-state index contributed by atoms with van der Waals surface area (Å²) < 4.78 is 46.1. The van der Waals surface area contributed by atoms with Gasteiger partial charge >= 0.3 is 6.18 Å². The predicted molar refractivity (Wildman–Crippen MR) is 125 cm³/mol. The number of aliphatic imine (C=N–C) groups is 1. The number of guanidine groups is 1. The molecule has 2 heterocycles. The molecule has 0 aliphatic rings. The largest absolute Gasteiger partial charge is 0.475 e. The summed E-state index contributed by atoms with van der Waals surface area (Å²) in [6, 6.07) is 2.26. The third kappa shape index (κ3) is 7.86. The maximum atomic E-state index is 13.0. The fourth-order valence-corrected chi connectivity index (χ4v) is 3.04. The van der Waals surface area contributed by atoms with Crippen molar-refractivity contribution in [3.63, 3.8) is 0 Å². The van der Waals surface area contributed by atoms with Gasteiger partial charge < -0.3 is 15.4 Å². The lowest BCUT2D eigenvalue weighted by Crippen LogP contribution is -2.43. The molecular formula is C20H30F3IN6O. The van der Waals surface area contributed by atoms with Crippen LogP contribution in [0.15, 0.2) is 23.3 Å². The number of nitrogens with one attached hydrogen (secondary N) is 2. The van der Waals surface area contributed by atoms with Gasteiger partial charge in [0.1, 0.15) is 12.2 Å². The third-order valence-corrected chi connectivity index (χ3v) is 4.57. The number of rotatable bonds is 8. The van der Waals surface area contributed by atoms with Crippen molar-refractivity contribution in [3.05, 3.63) is 40.8 Å². The number of pyridine rings is 1. The highest BCUT2D eigenvalue weighted by Crippen LogP contribution is 2.34. The number of ether oxygens (including phenoxy) is 1. The Morgan fingerprint density at radius 3 is 2.61 bits per heavy atom. The topological polar surface area (TPSA) is 76.4 Å². The van der Waals surface area contributed by atoms with Gasteiger partial charge in [0.05, 0.1) is 12.2 Å². The Hall–Kier alpha value is -2.05. The maximum Gasteiger partial charge on any atom is 0.421 e. The van der Waals surface area contributed by atoms with Gasteiger partial charge in [-0.1, -0.05) is 0 Å². The van der Waals surface area contributed by atoms with Gasteiger partial charge in [0.25, 0.3) is 0 Å². The zero-order valence-electron chi connectivity index (χ0n) is 18.4. The molecule has 0 saturated heterocycles. The molecule has 11 heteroatoms. The summed E-state index contributed by atoms with van der Waals surface area (Å²) in [4.78, 5) is 8.07. The number of aryl methyl sites for hydroxylation is 2. The summed E-state index contributed by atoms with van der Waals surface area (Å²) in [5.74, 6) is 0.138. The number of hydrogen-bond donors (Lipinski definition) is 2. The van der Waals surface area contributed by atoms with E-state index in [0.717, 1.165) is 23.9 Å². The standard InChI is InChI=1S/C20H29F3N6O.HI/c1-6-24-19(27-13(2)12-16-14(3)28-29(5)15(16)4)26-10-11-30-18-17(20(21,22)23)8-7-9-25-18;/h7-9,13H,6,10-12H2,1-5H3,(H2,24,26,27);1H. The minimum Gasteiger partial charge on any atom is -0.475 e. The second kappa shape index (κ2) is 12.1. The molecule has 0 aromatic carbocycles. The fraction of sp³-hybridized carbons (Fsp3) is 0.550. The average Bonchev–Trinajstić information content (AvgIpc) is 2.91. The molecule has 0 aliphatic carbocycles. The maximum absolute atomic E-state index is 13.0. The molecule has 1 atom stereocenters. The van der Waals surface area contributed by atoms with Gasteiger partial charge in [-0.2, -0.15) is 18.3 Å². The SMILES string of the molecule is CCNC(=NCCOc1ncccc1C(F)(F)F)NC(C)Cc1c(C)nn(C)c1C.I. The normalized spacial score (nSPS) is 12.8. The number of nitrogens with zero attached hydrogens (tertiary/aromatic N) is 4. The predicted octanol–water partition coefficient (Wildman–Crippen LogP) is 3.63. The summed E-state index contributed by atoms with van der Waals surface area (Å²) in [7, 11) is 1.92. The molecule has 2 rings (SSSR count). The van der Waals surface area contributed by atoms with Crippen molar-refractivity contribution in [1.29, 1.82) is 0 Å². The Kier molecular flexibility index (Phi) is 10.5. The van der Waals surface area contributed by atoms with E-state index in [1.54, 1.807) is 0 Å². The van der Waals surface area contributed by atoms with E-state index >= 15 is 0 Å². The van der Waals surface area contributed by atoms with E-state index in [0.29, 0.717) is 12.5 Å². The van der Waals surface area contributed by atoms with Crippen molar-refractivity contribution in [2.75, 3.05) is 19.7 Å². The molecule has 174 valence electrons. The smallest absolute Gasteiger partial charge is 0.421 e. The molecule has 0 radical (unpaired) electrons. The first kappa shape index (κ1) is 27.0. The van der Waals surface area contributed by atoms with E-state index in [2.05, 4.69) is 25.7 Å². The number of alkyl halides is 3. The molecule has 1 unspecified atom stereocenters. The van der Waals surface area contributed by atoms with Crippen LogP contribution in [0.1, 0.15) is 36.4 Å². The molecule has 0 bridgehead atoms. The molecular weight excluding hydrogens is 524 g/mol. The molecule has 2 N–H and O–H groups in total. The van der Waals surface area contributed by atoms with Gasteiger partial charge in [0, 0.05) is 31.5 Å². The van der Waals surface area contributed by atoms with Crippen molar-refractivity contribution in [1.82, 2.24) is 25.4 Å². The van der Waals surface area contributed by atoms with E-state index < -0.39 is 17.6 Å². The van der Waals surface area contributed by atoms with Crippen LogP contribution in [0.3, 0.4) is 0 Å². The number of halogens is 4. The number of hydrogen-bond acceptors (Lipinski definition) is 4. The highest BCUT2D eigenvalue weighted by atomic mass is 127. The van der Waals surface area contributed by atoms with Crippen molar-refractivity contribution >= 4 is 29.9 Å². The van der Waals surface area contributed by atoms with E-state index in [4.69, 9.17) is 4.74 Å². The van der Waals surface area contributed by atoms with Gasteiger partial charge in [0.2, 0.25) is 5.88 Å². The lowest BCUT2D eigenvalue weighted by atomic mass is 10.1. The molecule has 0 fully saturated rings. The highest BCUT2D eigenvalue weighted by molar-refractivity contribution is 14.0. The van der Waals surface area contributed by atoms with Crippen LogP contribution in [-0.2, 0) is 19.6 Å². The zero-order chi connectivity index (χ0) is 22.3. The van der Waals surface area contributed by atoms with Crippen LogP contribution >= 0.6 is 24.0 Å². The van der Waals surface area contributed by atoms with Crippen molar-refractivity contribution in [2.45, 2.75) is 46.3 Å². The lowest BCUT2D eigenvalue weighted by Gasteiger charge is -2.18. The molecule has 0 spiro atoms. The summed E-state index contributed by atoms with van der Waals surface area (Å²) in [6.45, 7) is 8.82. The van der Waals surface area contributed by atoms with Crippen molar-refractivity contribution in [3.8, 4) is 5.88 Å². The van der Waals surface area contributed by atoms with E-state index in [9.17, 15) is 13.2 Å². The van der Waals surface area contributed by atoms with Crippen LogP contribution < -0.4 is 15.4 Å². The summed E-state index contributed by atoms with van der Waals surface area (Å²) in [5, 5.41) is 10.9. The van der Waals surface area contributed by atoms with Gasteiger partial charge in [-0.05, 0) is 51.8 Å². The first-order valence-corrected chi connectivity index (χ1v) is 9.82. The summed E-state index contributed by atoms with van der Waals surface area (Å²) >= 11 is 0. The first-order chi connectivity index (χ1) is 14.1. The average molecular weight is 554 g/mol. The minimum absolute atomic E-state index is 0. The second-order valence-corrected chi connectivity index (χ2v) is 6.99. The Bertz CT molecular complexity index is 869. The summed E-state index contributed by atoms with van der Waals surface area (Å²) in [6.07, 6.45) is -2.47. The Morgan fingerprint density at radius 1 is 1.32 bits per heavy atom. The monoisotopic (exact) mass is 554 g/mol. The van der Waals surface area contributed by atoms with Crippen LogP contribution in [-0.4, -0.2) is 46.5 Å². The Morgan fingerprint density at radius 2 is 2.03 bits per heavy atom. The molecule has 0 aliphatic heterocycles. The lowest BCUT2D eigenvalue weighted by molar-refractivity contribution is -0.139. The quantitative estimate of drug-likeness (QED) is 0.226. The third-order valence-electron chi connectivity index (χ3n) is 4.57.